The highest BCUT2D eigenvalue weighted by molar-refractivity contribution is 5.30. The predicted octanol–water partition coefficient (Wildman–Crippen LogP) is 3.66. The minimum Gasteiger partial charge on any atom is -0.472 e. The number of fused-ring (bicyclic) bond motifs is 2. The Balaban J connectivity index is 1.60. The zero-order valence-electron chi connectivity index (χ0n) is 11.8. The first-order valence-corrected chi connectivity index (χ1v) is 7.70. The molecule has 1 saturated heterocycles. The van der Waals surface area contributed by atoms with Gasteiger partial charge in [0.1, 0.15) is 0 Å². The number of hydrogen-bond donors (Lipinski definition) is 0. The monoisotopic (exact) mass is 267 g/mol. The first-order valence-electron chi connectivity index (χ1n) is 7.70. The molecule has 0 radical (unpaired) electrons. The van der Waals surface area contributed by atoms with Crippen LogP contribution in [0.3, 0.4) is 0 Å². The van der Waals surface area contributed by atoms with E-state index in [0.717, 1.165) is 12.5 Å². The van der Waals surface area contributed by atoms with Gasteiger partial charge < -0.3 is 4.42 Å². The fourth-order valence-corrected chi connectivity index (χ4v) is 3.91. The normalized spacial score (nSPS) is 26.0. The molecule has 1 aliphatic carbocycles. The highest BCUT2D eigenvalue weighted by Gasteiger charge is 2.31. The lowest BCUT2D eigenvalue weighted by Crippen LogP contribution is -2.46. The Bertz CT molecular complexity index is 575. The van der Waals surface area contributed by atoms with Crippen molar-refractivity contribution >= 4 is 0 Å². The molecular formula is C18H21NO. The van der Waals surface area contributed by atoms with Crippen molar-refractivity contribution in [1.29, 1.82) is 0 Å². The summed E-state index contributed by atoms with van der Waals surface area (Å²) in [5, 5.41) is 0. The van der Waals surface area contributed by atoms with Crippen molar-refractivity contribution in [3.63, 3.8) is 0 Å². The maximum atomic E-state index is 5.22. The summed E-state index contributed by atoms with van der Waals surface area (Å²) in [6.07, 6.45) is 8.87. The number of hydrogen-bond acceptors (Lipinski definition) is 2. The van der Waals surface area contributed by atoms with E-state index in [4.69, 9.17) is 4.42 Å². The SMILES string of the molecule is c1ccc2c(c1)C[C@H]1CC[C@@H](C2)N(Cc2ccoc2)C1. The molecule has 0 N–H and O–H groups in total. The van der Waals surface area contributed by atoms with Gasteiger partial charge >= 0.3 is 0 Å². The van der Waals surface area contributed by atoms with E-state index < -0.39 is 0 Å². The van der Waals surface area contributed by atoms with Gasteiger partial charge in [0.05, 0.1) is 12.5 Å². The third-order valence-electron chi connectivity index (χ3n) is 4.97. The molecule has 2 atom stereocenters. The molecular weight excluding hydrogens is 246 g/mol. The summed E-state index contributed by atoms with van der Waals surface area (Å²) in [4.78, 5) is 2.68. The zero-order valence-corrected chi connectivity index (χ0v) is 11.8. The third kappa shape index (κ3) is 2.29. The lowest BCUT2D eigenvalue weighted by molar-refractivity contribution is 0.0936. The molecule has 2 nitrogen and oxygen atoms in total. The number of nitrogens with zero attached hydrogens (tertiary/aromatic N) is 1. The third-order valence-corrected chi connectivity index (χ3v) is 4.97. The fourth-order valence-electron chi connectivity index (χ4n) is 3.91. The highest BCUT2D eigenvalue weighted by atomic mass is 16.3. The Kier molecular flexibility index (Phi) is 3.12. The predicted molar refractivity (Wildman–Crippen MR) is 79.5 cm³/mol. The van der Waals surface area contributed by atoms with Crippen molar-refractivity contribution in [2.24, 2.45) is 5.92 Å². The second-order valence-electron chi connectivity index (χ2n) is 6.34. The van der Waals surface area contributed by atoms with Gasteiger partial charge in [-0.15, -0.1) is 0 Å². The average Bonchev–Trinajstić information content (AvgIpc) is 2.93. The summed E-state index contributed by atoms with van der Waals surface area (Å²) in [7, 11) is 0. The summed E-state index contributed by atoms with van der Waals surface area (Å²) in [6.45, 7) is 2.28. The summed E-state index contributed by atoms with van der Waals surface area (Å²) >= 11 is 0. The molecule has 1 aromatic carbocycles. The molecule has 104 valence electrons. The van der Waals surface area contributed by atoms with Crippen LogP contribution in [-0.2, 0) is 19.4 Å². The molecule has 5 rings (SSSR count). The van der Waals surface area contributed by atoms with Gasteiger partial charge in [0.25, 0.3) is 0 Å². The van der Waals surface area contributed by atoms with Crippen molar-refractivity contribution in [1.82, 2.24) is 4.90 Å². The van der Waals surface area contributed by atoms with Gasteiger partial charge in [0.2, 0.25) is 0 Å². The Morgan fingerprint density at radius 1 is 1.05 bits per heavy atom. The molecule has 2 aliphatic heterocycles. The van der Waals surface area contributed by atoms with E-state index in [2.05, 4.69) is 35.2 Å². The van der Waals surface area contributed by atoms with Crippen molar-refractivity contribution in [3.8, 4) is 0 Å². The molecule has 1 fully saturated rings. The van der Waals surface area contributed by atoms with Gasteiger partial charge in [-0.05, 0) is 48.8 Å². The lowest BCUT2D eigenvalue weighted by atomic mass is 9.80. The van der Waals surface area contributed by atoms with Crippen LogP contribution in [0, 0.1) is 5.92 Å². The molecule has 2 heteroatoms. The van der Waals surface area contributed by atoms with Crippen LogP contribution in [0.1, 0.15) is 29.5 Å². The largest absolute Gasteiger partial charge is 0.472 e. The van der Waals surface area contributed by atoms with E-state index in [-0.39, 0.29) is 0 Å². The molecule has 3 aliphatic rings. The van der Waals surface area contributed by atoms with Crippen LogP contribution in [-0.4, -0.2) is 17.5 Å². The second-order valence-corrected chi connectivity index (χ2v) is 6.34. The van der Waals surface area contributed by atoms with Gasteiger partial charge in [0.15, 0.2) is 0 Å². The van der Waals surface area contributed by atoms with Gasteiger partial charge in [-0.2, -0.15) is 0 Å². The van der Waals surface area contributed by atoms with Crippen LogP contribution >= 0.6 is 0 Å². The van der Waals surface area contributed by atoms with Gasteiger partial charge in [0, 0.05) is 24.7 Å². The average molecular weight is 267 g/mol. The molecule has 1 aromatic heterocycles. The van der Waals surface area contributed by atoms with E-state index in [1.807, 2.05) is 6.26 Å². The van der Waals surface area contributed by atoms with Crippen molar-refractivity contribution < 1.29 is 4.42 Å². The molecule has 0 spiro atoms. The second kappa shape index (κ2) is 5.10. The van der Waals surface area contributed by atoms with E-state index in [1.165, 1.54) is 37.8 Å². The van der Waals surface area contributed by atoms with Crippen LogP contribution in [0.2, 0.25) is 0 Å². The Hall–Kier alpha value is -1.54. The summed E-state index contributed by atoms with van der Waals surface area (Å²) in [5.41, 5.74) is 4.47. The summed E-state index contributed by atoms with van der Waals surface area (Å²) in [5.74, 6) is 0.819. The number of benzene rings is 1. The minimum atomic E-state index is 0.697. The highest BCUT2D eigenvalue weighted by Crippen LogP contribution is 2.32. The molecule has 3 heterocycles. The molecule has 0 saturated carbocycles. The number of rotatable bonds is 2. The van der Waals surface area contributed by atoms with Crippen LogP contribution in [0.4, 0.5) is 0 Å². The topological polar surface area (TPSA) is 16.4 Å². The van der Waals surface area contributed by atoms with Crippen molar-refractivity contribution in [3.05, 3.63) is 59.5 Å². The number of furan rings is 1. The van der Waals surface area contributed by atoms with Gasteiger partial charge in [-0.25, -0.2) is 0 Å². The fraction of sp³-hybridized carbons (Fsp3) is 0.444. The minimum absolute atomic E-state index is 0.697. The smallest absolute Gasteiger partial charge is 0.0947 e. The Morgan fingerprint density at radius 2 is 1.90 bits per heavy atom. The van der Waals surface area contributed by atoms with Crippen LogP contribution in [0.5, 0.6) is 0 Å². The zero-order chi connectivity index (χ0) is 13.4. The quantitative estimate of drug-likeness (QED) is 0.825. The van der Waals surface area contributed by atoms with E-state index in [0.29, 0.717) is 6.04 Å². The van der Waals surface area contributed by atoms with Crippen molar-refractivity contribution in [2.45, 2.75) is 38.3 Å². The molecule has 2 aromatic rings. The lowest BCUT2D eigenvalue weighted by Gasteiger charge is -2.42. The molecule has 0 unspecified atom stereocenters. The van der Waals surface area contributed by atoms with Crippen LogP contribution in [0.25, 0.3) is 0 Å². The van der Waals surface area contributed by atoms with E-state index >= 15 is 0 Å². The van der Waals surface area contributed by atoms with E-state index in [1.54, 1.807) is 17.4 Å². The molecule has 20 heavy (non-hydrogen) atoms. The van der Waals surface area contributed by atoms with Gasteiger partial charge in [-0.1, -0.05) is 24.3 Å². The summed E-state index contributed by atoms with van der Waals surface area (Å²) < 4.78 is 5.22. The maximum Gasteiger partial charge on any atom is 0.0947 e. The molecule has 2 bridgehead atoms. The molecule has 0 amide bonds. The van der Waals surface area contributed by atoms with Crippen LogP contribution < -0.4 is 0 Å². The van der Waals surface area contributed by atoms with Gasteiger partial charge in [-0.3, -0.25) is 4.90 Å². The Morgan fingerprint density at radius 3 is 2.70 bits per heavy atom. The number of piperidine rings is 1. The Labute approximate surface area is 120 Å². The standard InChI is InChI=1S/C18H21NO/c1-2-4-17-10-18-6-5-14(9-16(17)3-1)11-19(18)12-15-7-8-20-13-15/h1-4,7-8,13-14,18H,5-6,9-12H2/t14-,18+/m1/s1. The van der Waals surface area contributed by atoms with E-state index in [9.17, 15) is 0 Å². The van der Waals surface area contributed by atoms with Crippen molar-refractivity contribution in [2.75, 3.05) is 6.54 Å². The van der Waals surface area contributed by atoms with Crippen LogP contribution in [0.15, 0.2) is 47.3 Å². The first kappa shape index (κ1) is 12.2. The maximum absolute atomic E-state index is 5.22. The first-order chi connectivity index (χ1) is 9.88. The summed E-state index contributed by atoms with van der Waals surface area (Å²) in [6, 6.07) is 11.8.